The third-order valence-corrected chi connectivity index (χ3v) is 5.16. The summed E-state index contributed by atoms with van der Waals surface area (Å²) in [5, 5.41) is 6.60. The molecule has 2 N–H and O–H groups in total. The highest BCUT2D eigenvalue weighted by molar-refractivity contribution is 14.0. The summed E-state index contributed by atoms with van der Waals surface area (Å²) in [5.74, 6) is 1.85. The van der Waals surface area contributed by atoms with Gasteiger partial charge in [0.25, 0.3) is 0 Å². The van der Waals surface area contributed by atoms with Crippen LogP contribution in [0.5, 0.6) is 0 Å². The molecule has 0 atom stereocenters. The molecule has 1 aromatic carbocycles. The van der Waals surface area contributed by atoms with E-state index < -0.39 is 0 Å². The van der Waals surface area contributed by atoms with E-state index >= 15 is 0 Å². The zero-order chi connectivity index (χ0) is 19.6. The van der Waals surface area contributed by atoms with Crippen molar-refractivity contribution in [2.45, 2.75) is 45.4 Å². The quantitative estimate of drug-likeness (QED) is 0.206. The molecule has 162 valence electrons. The molecule has 7 heteroatoms. The number of nitrogens with zero attached hydrogens (tertiary/aromatic N) is 2. The first-order chi connectivity index (χ1) is 13.8. The lowest BCUT2D eigenvalue weighted by molar-refractivity contribution is -0.118. The number of ether oxygens (including phenoxy) is 1. The van der Waals surface area contributed by atoms with Crippen LogP contribution in [0.2, 0.25) is 0 Å². The minimum Gasteiger partial charge on any atom is -0.381 e. The molecular weight excluding hydrogens is 479 g/mol. The smallest absolute Gasteiger partial charge is 0.227 e. The van der Waals surface area contributed by atoms with E-state index in [0.717, 1.165) is 69.7 Å². The van der Waals surface area contributed by atoms with Crippen LogP contribution >= 0.6 is 24.0 Å². The average molecular weight is 514 g/mol. The van der Waals surface area contributed by atoms with Crippen molar-refractivity contribution in [2.24, 2.45) is 10.9 Å². The molecule has 1 aromatic rings. The molecule has 1 aliphatic carbocycles. The van der Waals surface area contributed by atoms with Crippen molar-refractivity contribution in [1.82, 2.24) is 10.6 Å². The molecule has 0 saturated heterocycles. The van der Waals surface area contributed by atoms with E-state index in [-0.39, 0.29) is 29.9 Å². The van der Waals surface area contributed by atoms with Crippen molar-refractivity contribution in [2.75, 3.05) is 44.3 Å². The Morgan fingerprint density at radius 2 is 2.07 bits per heavy atom. The van der Waals surface area contributed by atoms with Gasteiger partial charge in [0.1, 0.15) is 0 Å². The van der Waals surface area contributed by atoms with Gasteiger partial charge in [0.2, 0.25) is 5.91 Å². The summed E-state index contributed by atoms with van der Waals surface area (Å²) in [7, 11) is 0. The molecule has 2 aliphatic rings. The molecule has 0 bridgehead atoms. The van der Waals surface area contributed by atoms with Gasteiger partial charge in [-0.25, -0.2) is 0 Å². The number of fused-ring (bicyclic) bond motifs is 1. The van der Waals surface area contributed by atoms with E-state index in [1.54, 1.807) is 0 Å². The van der Waals surface area contributed by atoms with Crippen LogP contribution in [-0.4, -0.2) is 51.3 Å². The van der Waals surface area contributed by atoms with Gasteiger partial charge in [-0.15, -0.1) is 24.0 Å². The highest BCUT2D eigenvalue weighted by atomic mass is 127. The van der Waals surface area contributed by atoms with Crippen LogP contribution in [-0.2, 0) is 16.0 Å². The van der Waals surface area contributed by atoms with Crippen molar-refractivity contribution in [3.05, 3.63) is 29.8 Å². The normalized spacial score (nSPS) is 15.6. The maximum Gasteiger partial charge on any atom is 0.227 e. The van der Waals surface area contributed by atoms with Crippen molar-refractivity contribution >= 4 is 41.5 Å². The van der Waals surface area contributed by atoms with Gasteiger partial charge in [0, 0.05) is 51.5 Å². The summed E-state index contributed by atoms with van der Waals surface area (Å²) in [5.41, 5.74) is 2.35. The van der Waals surface area contributed by atoms with Gasteiger partial charge in [0.15, 0.2) is 5.96 Å². The highest BCUT2D eigenvalue weighted by Gasteiger charge is 2.23. The van der Waals surface area contributed by atoms with Gasteiger partial charge >= 0.3 is 0 Å². The number of hydrogen-bond acceptors (Lipinski definition) is 3. The SMILES string of the molecule is CCNC(=NCCCC(=O)N1CCc2ccccc21)NCCCOCC1CC1.I. The Morgan fingerprint density at radius 1 is 1.24 bits per heavy atom. The number of aliphatic imine (C=N–C) groups is 1. The molecule has 0 spiro atoms. The van der Waals surface area contributed by atoms with Crippen molar-refractivity contribution in [3.8, 4) is 0 Å². The second kappa shape index (κ2) is 13.1. The van der Waals surface area contributed by atoms with E-state index in [1.807, 2.05) is 23.1 Å². The molecule has 0 aromatic heterocycles. The zero-order valence-electron chi connectivity index (χ0n) is 17.5. The Bertz CT molecular complexity index is 664. The van der Waals surface area contributed by atoms with E-state index in [4.69, 9.17) is 4.74 Å². The molecule has 6 nitrogen and oxygen atoms in total. The minimum atomic E-state index is 0. The summed E-state index contributed by atoms with van der Waals surface area (Å²) in [6, 6.07) is 8.19. The molecule has 3 rings (SSSR count). The highest BCUT2D eigenvalue weighted by Crippen LogP contribution is 2.29. The summed E-state index contributed by atoms with van der Waals surface area (Å²) >= 11 is 0. The number of hydrogen-bond donors (Lipinski definition) is 2. The standard InChI is InChI=1S/C22H34N4O2.HI/c1-2-23-22(25-14-6-16-28-17-18-10-11-18)24-13-5-9-21(27)26-15-12-19-7-3-4-8-20(19)26;/h3-4,7-8,18H,2,5-6,9-17H2,1H3,(H2,23,24,25);1H. The van der Waals surface area contributed by atoms with Crippen LogP contribution in [0, 0.1) is 5.92 Å². The number of carbonyl (C=O) groups excluding carboxylic acids is 1. The summed E-state index contributed by atoms with van der Waals surface area (Å²) < 4.78 is 5.66. The van der Waals surface area contributed by atoms with E-state index in [0.29, 0.717) is 13.0 Å². The Hall–Kier alpha value is -1.35. The first kappa shape index (κ1) is 23.9. The predicted molar refractivity (Wildman–Crippen MR) is 129 cm³/mol. The van der Waals surface area contributed by atoms with Crippen molar-refractivity contribution in [3.63, 3.8) is 0 Å². The topological polar surface area (TPSA) is 66.0 Å². The number of halogens is 1. The van der Waals surface area contributed by atoms with Crippen LogP contribution in [0.25, 0.3) is 0 Å². The Morgan fingerprint density at radius 3 is 2.86 bits per heavy atom. The number of guanidine groups is 1. The third kappa shape index (κ3) is 8.12. The lowest BCUT2D eigenvalue weighted by Gasteiger charge is -2.17. The third-order valence-electron chi connectivity index (χ3n) is 5.16. The van der Waals surface area contributed by atoms with Gasteiger partial charge in [-0.05, 0) is 56.6 Å². The predicted octanol–water partition coefficient (Wildman–Crippen LogP) is 3.35. The molecule has 1 heterocycles. The number of carbonyl (C=O) groups is 1. The van der Waals surface area contributed by atoms with Crippen LogP contribution < -0.4 is 15.5 Å². The van der Waals surface area contributed by atoms with E-state index in [2.05, 4.69) is 28.6 Å². The molecule has 29 heavy (non-hydrogen) atoms. The summed E-state index contributed by atoms with van der Waals surface area (Å²) in [4.78, 5) is 19.1. The van der Waals surface area contributed by atoms with Gasteiger partial charge < -0.3 is 20.3 Å². The van der Waals surface area contributed by atoms with E-state index in [1.165, 1.54) is 18.4 Å². The van der Waals surface area contributed by atoms with Gasteiger partial charge in [-0.3, -0.25) is 9.79 Å². The van der Waals surface area contributed by atoms with Crippen LogP contribution in [0.3, 0.4) is 0 Å². The Balaban J connectivity index is 0.00000300. The Kier molecular flexibility index (Phi) is 10.8. The average Bonchev–Trinajstić information content (AvgIpc) is 3.43. The number of anilines is 1. The lowest BCUT2D eigenvalue weighted by atomic mass is 10.2. The second-order valence-corrected chi connectivity index (χ2v) is 7.59. The van der Waals surface area contributed by atoms with Crippen LogP contribution in [0.4, 0.5) is 5.69 Å². The maximum absolute atomic E-state index is 12.5. The maximum atomic E-state index is 12.5. The molecule has 1 amide bonds. The summed E-state index contributed by atoms with van der Waals surface area (Å²) in [6.07, 6.45) is 5.90. The van der Waals surface area contributed by atoms with E-state index in [9.17, 15) is 4.79 Å². The molecule has 1 saturated carbocycles. The Labute approximate surface area is 191 Å². The second-order valence-electron chi connectivity index (χ2n) is 7.59. The fourth-order valence-electron chi connectivity index (χ4n) is 3.41. The monoisotopic (exact) mass is 514 g/mol. The van der Waals surface area contributed by atoms with Crippen LogP contribution in [0.15, 0.2) is 29.3 Å². The largest absolute Gasteiger partial charge is 0.381 e. The zero-order valence-corrected chi connectivity index (χ0v) is 19.8. The molecule has 1 fully saturated rings. The van der Waals surface area contributed by atoms with Gasteiger partial charge in [-0.2, -0.15) is 0 Å². The molecular formula is C22H35IN4O2. The summed E-state index contributed by atoms with van der Waals surface area (Å²) in [6.45, 7) is 6.90. The molecule has 0 unspecified atom stereocenters. The lowest BCUT2D eigenvalue weighted by Crippen LogP contribution is -2.38. The number of nitrogens with one attached hydrogen (secondary N) is 2. The van der Waals surface area contributed by atoms with Crippen molar-refractivity contribution < 1.29 is 9.53 Å². The fourth-order valence-corrected chi connectivity index (χ4v) is 3.41. The molecule has 1 aliphatic heterocycles. The number of amides is 1. The van der Waals surface area contributed by atoms with Crippen LogP contribution in [0.1, 0.15) is 44.6 Å². The number of benzene rings is 1. The number of rotatable bonds is 11. The first-order valence-electron chi connectivity index (χ1n) is 10.8. The fraction of sp³-hybridized carbons (Fsp3) is 0.636. The number of para-hydroxylation sites is 1. The van der Waals surface area contributed by atoms with Gasteiger partial charge in [0.05, 0.1) is 0 Å². The minimum absolute atomic E-state index is 0. The first-order valence-corrected chi connectivity index (χ1v) is 10.8. The molecule has 0 radical (unpaired) electrons. The van der Waals surface area contributed by atoms with Gasteiger partial charge in [-0.1, -0.05) is 18.2 Å². The van der Waals surface area contributed by atoms with Crippen molar-refractivity contribution in [1.29, 1.82) is 0 Å².